The van der Waals surface area contributed by atoms with Gasteiger partial charge in [0, 0.05) is 23.2 Å². The molecule has 1 aliphatic heterocycles. The second-order valence-corrected chi connectivity index (χ2v) is 9.95. The lowest BCUT2D eigenvalue weighted by Gasteiger charge is -2.41. The molecule has 0 amide bonds. The number of benzene rings is 2. The van der Waals surface area contributed by atoms with Crippen molar-refractivity contribution >= 4 is 23.4 Å². The summed E-state index contributed by atoms with van der Waals surface area (Å²) in [7, 11) is 6.04. The Bertz CT molecular complexity index is 1380. The number of fused-ring (bicyclic) bond motifs is 1. The topological polar surface area (TPSA) is 119 Å². The number of carbonyl (C=O) groups excluding carboxylic acids is 3. The van der Waals surface area contributed by atoms with Crippen LogP contribution in [0.3, 0.4) is 0 Å². The van der Waals surface area contributed by atoms with Crippen LogP contribution in [0.1, 0.15) is 50.2 Å². The van der Waals surface area contributed by atoms with Crippen molar-refractivity contribution in [3.8, 4) is 23.0 Å². The molecule has 2 aliphatic rings. The van der Waals surface area contributed by atoms with Crippen molar-refractivity contribution in [3.63, 3.8) is 0 Å². The number of rotatable bonds is 10. The number of allylic oxidation sites excluding steroid dienone is 1. The zero-order chi connectivity index (χ0) is 30.6. The molecular weight excluding hydrogens is 542 g/mol. The minimum absolute atomic E-state index is 0.118. The fourth-order valence-electron chi connectivity index (χ4n) is 5.96. The van der Waals surface area contributed by atoms with E-state index in [1.54, 1.807) is 52.1 Å². The van der Waals surface area contributed by atoms with Crippen LogP contribution in [-0.2, 0) is 23.9 Å². The van der Waals surface area contributed by atoms with Crippen LogP contribution in [-0.4, -0.2) is 65.1 Å². The van der Waals surface area contributed by atoms with Crippen LogP contribution in [0.4, 0.5) is 0 Å². The molecule has 0 saturated heterocycles. The summed E-state index contributed by atoms with van der Waals surface area (Å²) in [4.78, 5) is 46.2. The minimum atomic E-state index is -1.12. The maximum absolute atomic E-state index is 14.6. The van der Waals surface area contributed by atoms with Crippen LogP contribution < -0.4 is 18.9 Å². The first-order valence-corrected chi connectivity index (χ1v) is 13.8. The van der Waals surface area contributed by atoms with Gasteiger partial charge in [-0.1, -0.05) is 12.1 Å². The highest BCUT2D eigenvalue weighted by atomic mass is 16.5. The van der Waals surface area contributed by atoms with Crippen molar-refractivity contribution in [2.45, 2.75) is 39.0 Å². The van der Waals surface area contributed by atoms with Gasteiger partial charge < -0.3 is 28.4 Å². The summed E-state index contributed by atoms with van der Waals surface area (Å²) in [6, 6.07) is 10.7. The molecule has 4 rings (SSSR count). The summed E-state index contributed by atoms with van der Waals surface area (Å²) in [6.45, 7) is 5.39. The predicted molar refractivity (Wildman–Crippen MR) is 155 cm³/mol. The molecule has 1 aliphatic carbocycles. The van der Waals surface area contributed by atoms with Crippen LogP contribution >= 0.6 is 0 Å². The summed E-state index contributed by atoms with van der Waals surface area (Å²) >= 11 is 0. The molecule has 1 saturated carbocycles. The van der Waals surface area contributed by atoms with Crippen LogP contribution in [0.5, 0.6) is 23.0 Å². The molecule has 0 radical (unpaired) electrons. The summed E-state index contributed by atoms with van der Waals surface area (Å²) in [5, 5.41) is 0. The lowest BCUT2D eigenvalue weighted by Crippen LogP contribution is -2.48. The van der Waals surface area contributed by atoms with Gasteiger partial charge in [0.1, 0.15) is 11.7 Å². The standard InChI is InChI=1S/C32H37NO9/c1-8-41-31(35)25-17(3)33-22-16-21(18-10-12-20(37-4)13-11-18)27(32(36)42-9-2)29(34)28(22)26(25)19-14-23(38-5)30(40-7)24(15-19)39-6/h10-15,21,26-28H,8-9,16H2,1-7H3/t21-,26+,27+,28?/m0/s1. The number of Topliss-reactive ketones (excluding diaryl/α,β-unsaturated/α-hetero) is 1. The Kier molecular flexibility index (Phi) is 9.55. The minimum Gasteiger partial charge on any atom is -0.497 e. The third-order valence-corrected chi connectivity index (χ3v) is 7.77. The fourth-order valence-corrected chi connectivity index (χ4v) is 5.96. The highest BCUT2D eigenvalue weighted by molar-refractivity contribution is 6.18. The molecule has 224 valence electrons. The molecule has 1 fully saturated rings. The van der Waals surface area contributed by atoms with Crippen LogP contribution in [0, 0.1) is 11.8 Å². The first-order chi connectivity index (χ1) is 20.2. The zero-order valence-electron chi connectivity index (χ0n) is 25.0. The molecule has 42 heavy (non-hydrogen) atoms. The number of esters is 2. The molecule has 1 unspecified atom stereocenters. The molecule has 0 bridgehead atoms. The third kappa shape index (κ3) is 5.57. The van der Waals surface area contributed by atoms with Crippen molar-refractivity contribution in [2.75, 3.05) is 41.7 Å². The van der Waals surface area contributed by atoms with Crippen LogP contribution in [0.15, 0.2) is 52.7 Å². The average Bonchev–Trinajstić information content (AvgIpc) is 2.99. The Morgan fingerprint density at radius 3 is 1.98 bits per heavy atom. The van der Waals surface area contributed by atoms with E-state index >= 15 is 0 Å². The monoisotopic (exact) mass is 579 g/mol. The molecule has 0 aromatic heterocycles. The summed E-state index contributed by atoms with van der Waals surface area (Å²) < 4.78 is 32.8. The highest BCUT2D eigenvalue weighted by Crippen LogP contribution is 2.51. The fraction of sp³-hybridized carbons (Fsp3) is 0.438. The average molecular weight is 580 g/mol. The first-order valence-electron chi connectivity index (χ1n) is 13.8. The summed E-state index contributed by atoms with van der Waals surface area (Å²) in [5.74, 6) is -3.24. The molecule has 0 spiro atoms. The maximum atomic E-state index is 14.6. The van der Waals surface area contributed by atoms with Gasteiger partial charge in [0.15, 0.2) is 17.3 Å². The van der Waals surface area contributed by atoms with Gasteiger partial charge in [-0.2, -0.15) is 0 Å². The zero-order valence-corrected chi connectivity index (χ0v) is 25.0. The van der Waals surface area contributed by atoms with Gasteiger partial charge in [-0.3, -0.25) is 14.6 Å². The number of ether oxygens (including phenoxy) is 6. The maximum Gasteiger partial charge on any atom is 0.336 e. The third-order valence-electron chi connectivity index (χ3n) is 7.77. The predicted octanol–water partition coefficient (Wildman–Crippen LogP) is 4.65. The van der Waals surface area contributed by atoms with E-state index in [1.165, 1.54) is 21.3 Å². The van der Waals surface area contributed by atoms with Crippen LogP contribution in [0.25, 0.3) is 0 Å². The second kappa shape index (κ2) is 13.1. The van der Waals surface area contributed by atoms with Crippen molar-refractivity contribution in [3.05, 3.63) is 58.8 Å². The van der Waals surface area contributed by atoms with E-state index in [2.05, 4.69) is 0 Å². The van der Waals surface area contributed by atoms with Crippen molar-refractivity contribution in [1.29, 1.82) is 0 Å². The number of ketones is 1. The Hall–Kier alpha value is -4.34. The molecule has 0 N–H and O–H groups in total. The van der Waals surface area contributed by atoms with E-state index in [-0.39, 0.29) is 24.6 Å². The van der Waals surface area contributed by atoms with Gasteiger partial charge >= 0.3 is 11.9 Å². The van der Waals surface area contributed by atoms with Gasteiger partial charge in [-0.25, -0.2) is 4.79 Å². The molecule has 1 heterocycles. The molecule has 2 aromatic rings. The van der Waals surface area contributed by atoms with E-state index in [1.807, 2.05) is 12.1 Å². The van der Waals surface area contributed by atoms with E-state index in [0.29, 0.717) is 46.4 Å². The quantitative estimate of drug-likeness (QED) is 0.293. The lowest BCUT2D eigenvalue weighted by molar-refractivity contribution is -0.153. The summed E-state index contributed by atoms with van der Waals surface area (Å²) in [5.41, 5.74) is 2.59. The molecule has 4 atom stereocenters. The van der Waals surface area contributed by atoms with E-state index < -0.39 is 35.6 Å². The van der Waals surface area contributed by atoms with Gasteiger partial charge in [0.05, 0.1) is 53.1 Å². The Morgan fingerprint density at radius 2 is 1.45 bits per heavy atom. The number of hydrogen-bond donors (Lipinski definition) is 0. The highest BCUT2D eigenvalue weighted by Gasteiger charge is 2.53. The van der Waals surface area contributed by atoms with Crippen LogP contribution in [0.2, 0.25) is 0 Å². The number of aliphatic imine (C=N–C) groups is 1. The Morgan fingerprint density at radius 1 is 0.833 bits per heavy atom. The second-order valence-electron chi connectivity index (χ2n) is 9.95. The summed E-state index contributed by atoms with van der Waals surface area (Å²) in [6.07, 6.45) is 0.306. The molecule has 2 aromatic carbocycles. The molecular formula is C32H37NO9. The SMILES string of the molecule is CCOC(=O)C1=C(C)N=C2C[C@@H](c3ccc(OC)cc3)[C@@H](C(=O)OCC)C(=O)C2[C@@H]1c1cc(OC)c(OC)c(OC)c1. The lowest BCUT2D eigenvalue weighted by atomic mass is 9.62. The smallest absolute Gasteiger partial charge is 0.336 e. The van der Waals surface area contributed by atoms with Crippen molar-refractivity contribution < 1.29 is 42.8 Å². The van der Waals surface area contributed by atoms with Crippen molar-refractivity contribution in [2.24, 2.45) is 16.8 Å². The van der Waals surface area contributed by atoms with Gasteiger partial charge in [-0.15, -0.1) is 0 Å². The Labute approximate surface area is 245 Å². The number of methoxy groups -OCH3 is 4. The normalized spacial score (nSPS) is 21.6. The van der Waals surface area contributed by atoms with E-state index in [9.17, 15) is 14.4 Å². The van der Waals surface area contributed by atoms with Gasteiger partial charge in [0.2, 0.25) is 5.75 Å². The Balaban J connectivity index is 1.94. The van der Waals surface area contributed by atoms with E-state index in [0.717, 1.165) is 5.56 Å². The van der Waals surface area contributed by atoms with Gasteiger partial charge in [-0.05, 0) is 62.6 Å². The molecule has 10 nitrogen and oxygen atoms in total. The number of nitrogens with zero attached hydrogens (tertiary/aromatic N) is 1. The number of hydrogen-bond acceptors (Lipinski definition) is 10. The van der Waals surface area contributed by atoms with Crippen molar-refractivity contribution in [1.82, 2.24) is 0 Å². The van der Waals surface area contributed by atoms with E-state index in [4.69, 9.17) is 33.4 Å². The molecule has 10 heteroatoms. The number of carbonyl (C=O) groups is 3. The van der Waals surface area contributed by atoms with Gasteiger partial charge in [0.25, 0.3) is 0 Å². The first kappa shape index (κ1) is 30.6. The largest absolute Gasteiger partial charge is 0.497 e.